The molecule has 0 bridgehead atoms. The Morgan fingerprint density at radius 3 is 2.29 bits per heavy atom. The molecule has 0 fully saturated rings. The van der Waals surface area contributed by atoms with Crippen molar-refractivity contribution < 1.29 is 39.9 Å². The lowest BCUT2D eigenvalue weighted by Gasteiger charge is -2.09. The van der Waals surface area contributed by atoms with Gasteiger partial charge >= 0.3 is 19.0 Å². The molecule has 0 saturated carbocycles. The molecule has 1 N–H and O–H groups in total. The van der Waals surface area contributed by atoms with Crippen molar-refractivity contribution in [3.63, 3.8) is 0 Å². The molecule has 0 atom stereocenters. The van der Waals surface area contributed by atoms with Crippen LogP contribution in [0, 0.1) is 5.41 Å². The molecule has 0 aliphatic rings. The van der Waals surface area contributed by atoms with E-state index in [2.05, 4.69) is 24.7 Å². The van der Waals surface area contributed by atoms with Crippen LogP contribution in [-0.4, -0.2) is 46.4 Å². The van der Waals surface area contributed by atoms with Gasteiger partial charge < -0.3 is 9.30 Å². The maximum atomic E-state index is 13.4. The van der Waals surface area contributed by atoms with Crippen molar-refractivity contribution in [1.29, 1.82) is 5.41 Å². The van der Waals surface area contributed by atoms with Gasteiger partial charge in [0.05, 0.1) is 18.3 Å². The van der Waals surface area contributed by atoms with Gasteiger partial charge in [0.25, 0.3) is 0 Å². The Bertz CT molecular complexity index is 1800. The molecule has 9 nitrogen and oxygen atoms in total. The zero-order valence-corrected chi connectivity index (χ0v) is 21.3. The molecule has 0 saturated heterocycles. The first-order chi connectivity index (χ1) is 19.7. The fourth-order valence-electron chi connectivity index (χ4n) is 4.29. The SMILES string of the molecule is Cn1cc(C(F)(F)F)nc1-c1ccc(Cn2c(=N)n(CC(F)(F)F)c3cnc(-c4cccnc4OC(F)F)nc32)cc1. The van der Waals surface area contributed by atoms with Gasteiger partial charge in [-0.05, 0) is 17.7 Å². The second-order valence-corrected chi connectivity index (χ2v) is 9.00. The zero-order valence-electron chi connectivity index (χ0n) is 21.3. The van der Waals surface area contributed by atoms with Crippen LogP contribution in [0.4, 0.5) is 35.1 Å². The summed E-state index contributed by atoms with van der Waals surface area (Å²) in [6, 6.07) is 8.76. The van der Waals surface area contributed by atoms with Crippen LogP contribution in [0.5, 0.6) is 5.88 Å². The Kier molecular flexibility index (Phi) is 7.20. The monoisotopic (exact) mass is 598 g/mol. The van der Waals surface area contributed by atoms with E-state index in [1.165, 1.54) is 54.2 Å². The van der Waals surface area contributed by atoms with Crippen LogP contribution in [0.2, 0.25) is 0 Å². The van der Waals surface area contributed by atoms with Gasteiger partial charge in [0, 0.05) is 25.0 Å². The van der Waals surface area contributed by atoms with Gasteiger partial charge in [0.15, 0.2) is 17.2 Å². The number of aryl methyl sites for hydroxylation is 1. The molecule has 5 rings (SSSR count). The normalized spacial score (nSPS) is 12.4. The van der Waals surface area contributed by atoms with Crippen LogP contribution in [0.25, 0.3) is 33.9 Å². The summed E-state index contributed by atoms with van der Waals surface area (Å²) in [5.41, 5.74) is -1.14. The van der Waals surface area contributed by atoms with Crippen molar-refractivity contribution in [2.45, 2.75) is 32.1 Å². The number of alkyl halides is 8. The highest BCUT2D eigenvalue weighted by Crippen LogP contribution is 2.31. The lowest BCUT2D eigenvalue weighted by molar-refractivity contribution is -0.141. The number of hydrogen-bond donors (Lipinski definition) is 1. The summed E-state index contributed by atoms with van der Waals surface area (Å²) in [6.45, 7) is -4.91. The number of ether oxygens (including phenoxy) is 1. The highest BCUT2D eigenvalue weighted by molar-refractivity contribution is 5.74. The lowest BCUT2D eigenvalue weighted by Crippen LogP contribution is -2.30. The van der Waals surface area contributed by atoms with E-state index >= 15 is 0 Å². The van der Waals surface area contributed by atoms with Crippen molar-refractivity contribution in [2.24, 2.45) is 7.05 Å². The average Bonchev–Trinajstić information content (AvgIpc) is 3.42. The first-order valence-electron chi connectivity index (χ1n) is 11.9. The van der Waals surface area contributed by atoms with Gasteiger partial charge in [-0.25, -0.2) is 19.9 Å². The number of hydrogen-bond acceptors (Lipinski definition) is 6. The van der Waals surface area contributed by atoms with Gasteiger partial charge in [-0.3, -0.25) is 14.5 Å². The molecule has 0 amide bonds. The van der Waals surface area contributed by atoms with Crippen LogP contribution in [0.3, 0.4) is 0 Å². The molecule has 0 spiro atoms. The van der Waals surface area contributed by atoms with Crippen LogP contribution in [0.1, 0.15) is 11.3 Å². The molecule has 5 aromatic rings. The van der Waals surface area contributed by atoms with Crippen LogP contribution < -0.4 is 10.4 Å². The first kappa shape index (κ1) is 28.7. The zero-order chi connectivity index (χ0) is 30.4. The van der Waals surface area contributed by atoms with Crippen molar-refractivity contribution in [3.05, 3.63) is 71.9 Å². The minimum absolute atomic E-state index is 0.0418. The van der Waals surface area contributed by atoms with Gasteiger partial charge in [0.2, 0.25) is 11.5 Å². The van der Waals surface area contributed by atoms with Crippen LogP contribution in [-0.2, 0) is 26.3 Å². The Hall–Kier alpha value is -4.83. The first-order valence-corrected chi connectivity index (χ1v) is 11.9. The van der Waals surface area contributed by atoms with E-state index in [0.717, 1.165) is 17.0 Å². The number of aromatic nitrogens is 7. The molecular weight excluding hydrogens is 580 g/mol. The standard InChI is InChI=1S/C25H18F8N8O/c1-39-11-17(25(31,32)33)37-19(39)14-6-4-13(5-7-14)10-40-20-16(41(23(40)34)12-24(28,29)30)9-36-18(38-20)15-3-2-8-35-21(15)42-22(26)27/h2-9,11,22,34H,10,12H2,1H3. The predicted molar refractivity (Wildman–Crippen MR) is 130 cm³/mol. The van der Waals surface area contributed by atoms with Crippen LogP contribution >= 0.6 is 0 Å². The van der Waals surface area contributed by atoms with E-state index < -0.39 is 42.7 Å². The lowest BCUT2D eigenvalue weighted by atomic mass is 10.1. The highest BCUT2D eigenvalue weighted by atomic mass is 19.4. The molecule has 0 radical (unpaired) electrons. The highest BCUT2D eigenvalue weighted by Gasteiger charge is 2.34. The Balaban J connectivity index is 1.57. The van der Waals surface area contributed by atoms with Gasteiger partial charge in [-0.15, -0.1) is 0 Å². The quantitative estimate of drug-likeness (QED) is 0.253. The molecule has 4 heterocycles. The summed E-state index contributed by atoms with van der Waals surface area (Å²) < 4.78 is 113. The molecule has 220 valence electrons. The Labute approximate surface area is 230 Å². The predicted octanol–water partition coefficient (Wildman–Crippen LogP) is 5.41. The molecule has 42 heavy (non-hydrogen) atoms. The molecule has 4 aromatic heterocycles. The second-order valence-electron chi connectivity index (χ2n) is 9.00. The molecule has 0 aliphatic heterocycles. The van der Waals surface area contributed by atoms with Crippen molar-refractivity contribution >= 4 is 11.2 Å². The Morgan fingerprint density at radius 2 is 1.67 bits per heavy atom. The fourth-order valence-corrected chi connectivity index (χ4v) is 4.29. The van der Waals surface area contributed by atoms with E-state index in [9.17, 15) is 35.1 Å². The summed E-state index contributed by atoms with van der Waals surface area (Å²) in [7, 11) is 1.40. The molecule has 0 aliphatic carbocycles. The third-order valence-electron chi connectivity index (χ3n) is 6.08. The maximum Gasteiger partial charge on any atom is 0.434 e. The van der Waals surface area contributed by atoms with Crippen molar-refractivity contribution in [1.82, 2.24) is 33.6 Å². The molecule has 1 aromatic carbocycles. The van der Waals surface area contributed by atoms with Crippen molar-refractivity contribution in [2.75, 3.05) is 0 Å². The summed E-state index contributed by atoms with van der Waals surface area (Å²) in [6.07, 6.45) is -6.25. The largest absolute Gasteiger partial charge is 0.434 e. The maximum absolute atomic E-state index is 13.4. The van der Waals surface area contributed by atoms with E-state index in [0.29, 0.717) is 15.7 Å². The smallest absolute Gasteiger partial charge is 0.416 e. The van der Waals surface area contributed by atoms with Crippen molar-refractivity contribution in [3.8, 4) is 28.7 Å². The number of nitrogens with one attached hydrogen (secondary N) is 1. The van der Waals surface area contributed by atoms with E-state index in [1.807, 2.05) is 0 Å². The van der Waals surface area contributed by atoms with Gasteiger partial charge in [-0.2, -0.15) is 35.1 Å². The van der Waals surface area contributed by atoms with E-state index in [4.69, 9.17) is 5.41 Å². The third-order valence-corrected chi connectivity index (χ3v) is 6.08. The minimum atomic E-state index is -4.70. The number of pyridine rings is 1. The van der Waals surface area contributed by atoms with Gasteiger partial charge in [-0.1, -0.05) is 24.3 Å². The number of nitrogens with zero attached hydrogens (tertiary/aromatic N) is 7. The minimum Gasteiger partial charge on any atom is -0.416 e. The summed E-state index contributed by atoms with van der Waals surface area (Å²) >= 11 is 0. The summed E-state index contributed by atoms with van der Waals surface area (Å²) in [5, 5.41) is 8.48. The number of halogens is 8. The topological polar surface area (TPSA) is 99.4 Å². The fraction of sp³-hybridized carbons (Fsp3) is 0.240. The molecular formula is C25H18F8N8O. The summed E-state index contributed by atoms with van der Waals surface area (Å²) in [5.74, 6) is -0.646. The number of rotatable bonds is 7. The average molecular weight is 598 g/mol. The molecule has 17 heteroatoms. The molecule has 0 unspecified atom stereocenters. The summed E-state index contributed by atoms with van der Waals surface area (Å²) in [4.78, 5) is 15.7. The van der Waals surface area contributed by atoms with E-state index in [1.54, 1.807) is 0 Å². The Morgan fingerprint density at radius 1 is 0.952 bits per heavy atom. The second kappa shape index (κ2) is 10.5. The number of benzene rings is 1. The van der Waals surface area contributed by atoms with E-state index in [-0.39, 0.29) is 34.9 Å². The third kappa shape index (κ3) is 5.80. The van der Waals surface area contributed by atoms with Gasteiger partial charge in [0.1, 0.15) is 17.9 Å². The number of imidazole rings is 2. The number of fused-ring (bicyclic) bond motifs is 1. The van der Waals surface area contributed by atoms with Crippen LogP contribution in [0.15, 0.2) is 55.0 Å².